The van der Waals surface area contributed by atoms with Crippen LogP contribution < -0.4 is 0 Å². The van der Waals surface area contributed by atoms with Gasteiger partial charge >= 0.3 is 5.97 Å². The zero-order valence-electron chi connectivity index (χ0n) is 13.7. The molecule has 0 aliphatic rings. The van der Waals surface area contributed by atoms with Gasteiger partial charge in [0.15, 0.2) is 0 Å². The molecule has 1 heterocycles. The lowest BCUT2D eigenvalue weighted by atomic mass is 10.1. The van der Waals surface area contributed by atoms with Gasteiger partial charge in [0.05, 0.1) is 12.0 Å². The van der Waals surface area contributed by atoms with Gasteiger partial charge in [0.25, 0.3) is 0 Å². The molecule has 3 aromatic rings. The first-order valence-electron chi connectivity index (χ1n) is 7.80. The summed E-state index contributed by atoms with van der Waals surface area (Å²) in [5.74, 6) is -0.951. The van der Waals surface area contributed by atoms with Crippen LogP contribution >= 0.6 is 11.6 Å². The average Bonchev–Trinajstić information content (AvgIpc) is 2.96. The van der Waals surface area contributed by atoms with Crippen molar-refractivity contribution in [2.75, 3.05) is 0 Å². The number of aliphatic carboxylic acids is 1. The molecule has 0 unspecified atom stereocenters. The van der Waals surface area contributed by atoms with E-state index in [1.54, 1.807) is 6.08 Å². The molecule has 0 aliphatic carbocycles. The summed E-state index contributed by atoms with van der Waals surface area (Å²) in [5.41, 5.74) is 5.04. The Bertz CT molecular complexity index is 910. The van der Waals surface area contributed by atoms with Gasteiger partial charge in [-0.1, -0.05) is 48.0 Å². The summed E-state index contributed by atoms with van der Waals surface area (Å²) in [6.45, 7) is 2.75. The van der Waals surface area contributed by atoms with Crippen molar-refractivity contribution >= 4 is 23.6 Å². The molecule has 3 rings (SSSR count). The number of rotatable bonds is 5. The highest BCUT2D eigenvalue weighted by Crippen LogP contribution is 2.24. The molecule has 0 saturated carbocycles. The molecule has 0 fully saturated rings. The number of aromatic nitrogens is 2. The number of carboxylic acids is 1. The van der Waals surface area contributed by atoms with Crippen molar-refractivity contribution in [1.82, 2.24) is 9.55 Å². The SMILES string of the molecule is Cc1c(-c2ccc(Cl)cc2)ncn1Cc1ccc(C=CC(=O)O)cc1. The van der Waals surface area contributed by atoms with Gasteiger partial charge in [-0.15, -0.1) is 0 Å². The normalized spacial score (nSPS) is 11.1. The molecule has 1 N–H and O–H groups in total. The van der Waals surface area contributed by atoms with Crippen LogP contribution in [0.2, 0.25) is 5.02 Å². The van der Waals surface area contributed by atoms with Gasteiger partial charge in [0.2, 0.25) is 0 Å². The number of benzene rings is 2. The maximum atomic E-state index is 10.6. The Hall–Kier alpha value is -2.85. The van der Waals surface area contributed by atoms with Gasteiger partial charge in [0.1, 0.15) is 0 Å². The smallest absolute Gasteiger partial charge is 0.328 e. The highest BCUT2D eigenvalue weighted by Gasteiger charge is 2.09. The second-order valence-electron chi connectivity index (χ2n) is 5.73. The lowest BCUT2D eigenvalue weighted by molar-refractivity contribution is -0.131. The van der Waals surface area contributed by atoms with E-state index in [0.29, 0.717) is 11.6 Å². The van der Waals surface area contributed by atoms with E-state index >= 15 is 0 Å². The molecule has 1 aromatic heterocycles. The molecule has 0 aliphatic heterocycles. The van der Waals surface area contributed by atoms with Crippen molar-refractivity contribution in [3.05, 3.63) is 82.8 Å². The standard InChI is InChI=1S/C20H17ClN2O2/c1-14-20(17-7-9-18(21)10-8-17)22-13-23(14)12-16-4-2-15(3-5-16)6-11-19(24)25/h2-11,13H,12H2,1H3,(H,24,25). The molecule has 0 atom stereocenters. The zero-order chi connectivity index (χ0) is 17.8. The topological polar surface area (TPSA) is 55.1 Å². The van der Waals surface area contributed by atoms with Gasteiger partial charge in [-0.25, -0.2) is 9.78 Å². The van der Waals surface area contributed by atoms with Crippen LogP contribution in [0.25, 0.3) is 17.3 Å². The predicted molar refractivity (Wildman–Crippen MR) is 99.6 cm³/mol. The maximum Gasteiger partial charge on any atom is 0.328 e. The monoisotopic (exact) mass is 352 g/mol. The fraction of sp³-hybridized carbons (Fsp3) is 0.100. The van der Waals surface area contributed by atoms with E-state index in [1.165, 1.54) is 0 Å². The number of imidazole rings is 1. The number of carbonyl (C=O) groups is 1. The molecule has 0 saturated heterocycles. The Morgan fingerprint density at radius 1 is 1.16 bits per heavy atom. The van der Waals surface area contributed by atoms with E-state index in [0.717, 1.165) is 34.2 Å². The third kappa shape index (κ3) is 4.17. The molecule has 2 aromatic carbocycles. The van der Waals surface area contributed by atoms with Gasteiger partial charge in [-0.05, 0) is 36.3 Å². The van der Waals surface area contributed by atoms with E-state index < -0.39 is 5.97 Å². The zero-order valence-corrected chi connectivity index (χ0v) is 14.4. The van der Waals surface area contributed by atoms with E-state index in [9.17, 15) is 4.79 Å². The number of hydrogen-bond acceptors (Lipinski definition) is 2. The van der Waals surface area contributed by atoms with Crippen LogP contribution in [0.5, 0.6) is 0 Å². The molecule has 0 spiro atoms. The van der Waals surface area contributed by atoms with Crippen LogP contribution in [-0.4, -0.2) is 20.6 Å². The second-order valence-corrected chi connectivity index (χ2v) is 6.16. The van der Waals surface area contributed by atoms with Gasteiger partial charge in [-0.2, -0.15) is 0 Å². The van der Waals surface area contributed by atoms with Crippen molar-refractivity contribution < 1.29 is 9.90 Å². The predicted octanol–water partition coefficient (Wildman–Crippen LogP) is 4.66. The summed E-state index contributed by atoms with van der Waals surface area (Å²) in [6.07, 6.45) is 4.54. The number of hydrogen-bond donors (Lipinski definition) is 1. The number of carboxylic acid groups (broad SMARTS) is 1. The largest absolute Gasteiger partial charge is 0.478 e. The first kappa shape index (κ1) is 17.0. The lowest BCUT2D eigenvalue weighted by Gasteiger charge is -2.07. The Morgan fingerprint density at radius 3 is 2.48 bits per heavy atom. The highest BCUT2D eigenvalue weighted by atomic mass is 35.5. The maximum absolute atomic E-state index is 10.6. The van der Waals surface area contributed by atoms with Crippen LogP contribution in [0.1, 0.15) is 16.8 Å². The Balaban J connectivity index is 1.77. The van der Waals surface area contributed by atoms with Gasteiger partial charge in [-0.3, -0.25) is 0 Å². The summed E-state index contributed by atoms with van der Waals surface area (Å²) in [7, 11) is 0. The molecule has 25 heavy (non-hydrogen) atoms. The molecule has 0 bridgehead atoms. The average molecular weight is 353 g/mol. The highest BCUT2D eigenvalue weighted by molar-refractivity contribution is 6.30. The van der Waals surface area contributed by atoms with Crippen LogP contribution in [0.15, 0.2) is 60.9 Å². The first-order chi connectivity index (χ1) is 12.0. The molecule has 0 radical (unpaired) electrons. The third-order valence-corrected chi connectivity index (χ3v) is 4.22. The minimum atomic E-state index is -0.951. The van der Waals surface area contributed by atoms with E-state index in [4.69, 9.17) is 16.7 Å². The van der Waals surface area contributed by atoms with Crippen molar-refractivity contribution in [2.45, 2.75) is 13.5 Å². The van der Waals surface area contributed by atoms with Crippen molar-refractivity contribution in [3.8, 4) is 11.3 Å². The van der Waals surface area contributed by atoms with Crippen LogP contribution in [0, 0.1) is 6.92 Å². The van der Waals surface area contributed by atoms with Crippen molar-refractivity contribution in [3.63, 3.8) is 0 Å². The van der Waals surface area contributed by atoms with Gasteiger partial charge in [0, 0.05) is 28.9 Å². The third-order valence-electron chi connectivity index (χ3n) is 3.97. The van der Waals surface area contributed by atoms with Crippen LogP contribution in [0.3, 0.4) is 0 Å². The van der Waals surface area contributed by atoms with E-state index in [1.807, 2.05) is 61.8 Å². The Morgan fingerprint density at radius 2 is 1.84 bits per heavy atom. The fourth-order valence-electron chi connectivity index (χ4n) is 2.59. The number of halogens is 1. The fourth-order valence-corrected chi connectivity index (χ4v) is 2.72. The summed E-state index contributed by atoms with van der Waals surface area (Å²) in [6, 6.07) is 15.4. The molecule has 0 amide bonds. The van der Waals surface area contributed by atoms with E-state index in [-0.39, 0.29) is 0 Å². The van der Waals surface area contributed by atoms with Crippen LogP contribution in [0.4, 0.5) is 0 Å². The molecule has 4 nitrogen and oxygen atoms in total. The molecule has 5 heteroatoms. The first-order valence-corrected chi connectivity index (χ1v) is 8.18. The molecular weight excluding hydrogens is 336 g/mol. The minimum absolute atomic E-state index is 0.704. The van der Waals surface area contributed by atoms with Gasteiger partial charge < -0.3 is 9.67 Å². The lowest BCUT2D eigenvalue weighted by Crippen LogP contribution is -2.00. The summed E-state index contributed by atoms with van der Waals surface area (Å²) < 4.78 is 2.09. The Kier molecular flexibility index (Phi) is 5.00. The van der Waals surface area contributed by atoms with E-state index in [2.05, 4.69) is 9.55 Å². The van der Waals surface area contributed by atoms with Crippen molar-refractivity contribution in [1.29, 1.82) is 0 Å². The molecule has 126 valence electrons. The Labute approximate surface area is 151 Å². The van der Waals surface area contributed by atoms with Crippen LogP contribution in [-0.2, 0) is 11.3 Å². The molecular formula is C20H17ClN2O2. The van der Waals surface area contributed by atoms with Crippen molar-refractivity contribution in [2.24, 2.45) is 0 Å². The summed E-state index contributed by atoms with van der Waals surface area (Å²) >= 11 is 5.94. The second kappa shape index (κ2) is 7.36. The summed E-state index contributed by atoms with van der Waals surface area (Å²) in [5, 5.41) is 9.37. The number of nitrogens with zero attached hydrogens (tertiary/aromatic N) is 2. The quantitative estimate of drug-likeness (QED) is 0.679. The summed E-state index contributed by atoms with van der Waals surface area (Å²) in [4.78, 5) is 15.1. The minimum Gasteiger partial charge on any atom is -0.478 e.